The van der Waals surface area contributed by atoms with Gasteiger partial charge in [-0.25, -0.2) is 0 Å². The van der Waals surface area contributed by atoms with E-state index in [1.165, 1.54) is 0 Å². The molecule has 0 N–H and O–H groups in total. The van der Waals surface area contributed by atoms with Crippen molar-refractivity contribution in [1.82, 2.24) is 0 Å². The summed E-state index contributed by atoms with van der Waals surface area (Å²) in [6, 6.07) is 2.76. The SMILES string of the molecule is CCC[Si]1(COC(C)C)O[Si](CCC)(COC(C)C)O[Si](CCC)(COC(C)C)O1. The summed E-state index contributed by atoms with van der Waals surface area (Å²) < 4.78 is 39.5. The van der Waals surface area contributed by atoms with Crippen molar-refractivity contribution in [2.24, 2.45) is 0 Å². The summed E-state index contributed by atoms with van der Waals surface area (Å²) in [5, 5.41) is 0. The maximum atomic E-state index is 7.01. The molecule has 0 aromatic carbocycles. The van der Waals surface area contributed by atoms with Crippen LogP contribution >= 0.6 is 0 Å². The van der Waals surface area contributed by atoms with Crippen molar-refractivity contribution in [3.63, 3.8) is 0 Å². The minimum absolute atomic E-state index is 0.143. The molecule has 0 radical (unpaired) electrons. The second-order valence-corrected chi connectivity index (χ2v) is 19.6. The summed E-state index contributed by atoms with van der Waals surface area (Å²) in [7, 11) is -7.86. The van der Waals surface area contributed by atoms with Gasteiger partial charge in [0.05, 0.1) is 37.0 Å². The molecule has 0 unspecified atom stereocenters. The van der Waals surface area contributed by atoms with E-state index in [-0.39, 0.29) is 18.3 Å². The molecule has 1 aliphatic rings. The van der Waals surface area contributed by atoms with Crippen LogP contribution in [-0.4, -0.2) is 62.7 Å². The molecule has 0 spiro atoms. The third kappa shape index (κ3) is 9.11. The molecule has 180 valence electrons. The fraction of sp³-hybridized carbons (Fsp3) is 1.00. The first-order valence-corrected chi connectivity index (χ1v) is 18.7. The second-order valence-electron chi connectivity index (χ2n) is 9.37. The molecule has 1 rings (SSSR count). The van der Waals surface area contributed by atoms with E-state index in [9.17, 15) is 0 Å². The van der Waals surface area contributed by atoms with Crippen LogP contribution in [-0.2, 0) is 26.6 Å². The summed E-state index contributed by atoms with van der Waals surface area (Å²) in [4.78, 5) is 0. The summed E-state index contributed by atoms with van der Waals surface area (Å²) in [5.74, 6) is 0. The Balaban J connectivity index is 3.40. The van der Waals surface area contributed by atoms with Gasteiger partial charge >= 0.3 is 25.7 Å². The number of ether oxygens (including phenoxy) is 3. The summed E-state index contributed by atoms with van der Waals surface area (Å²) in [5.41, 5.74) is 0. The third-order valence-corrected chi connectivity index (χ3v) is 19.5. The largest absolute Gasteiger partial charge is 0.413 e. The molecule has 0 bridgehead atoms. The van der Waals surface area contributed by atoms with Crippen LogP contribution in [0, 0.1) is 0 Å². The first-order valence-electron chi connectivity index (χ1n) is 12.0. The van der Waals surface area contributed by atoms with Gasteiger partial charge in [0, 0.05) is 0 Å². The van der Waals surface area contributed by atoms with Gasteiger partial charge in [-0.2, -0.15) is 0 Å². The van der Waals surface area contributed by atoms with Crippen LogP contribution in [0.3, 0.4) is 0 Å². The average molecular weight is 481 g/mol. The van der Waals surface area contributed by atoms with Gasteiger partial charge in [-0.15, -0.1) is 0 Å². The predicted molar refractivity (Wildman–Crippen MR) is 129 cm³/mol. The molecule has 0 atom stereocenters. The van der Waals surface area contributed by atoms with Gasteiger partial charge in [0.15, 0.2) is 0 Å². The molecule has 0 saturated carbocycles. The summed E-state index contributed by atoms with van der Waals surface area (Å²) >= 11 is 0. The summed E-state index contributed by atoms with van der Waals surface area (Å²) in [6.45, 7) is 19.0. The van der Waals surface area contributed by atoms with Gasteiger partial charge in [-0.05, 0) is 59.7 Å². The lowest BCUT2D eigenvalue weighted by Crippen LogP contribution is -2.74. The number of rotatable bonds is 15. The highest BCUT2D eigenvalue weighted by Crippen LogP contribution is 2.39. The maximum absolute atomic E-state index is 7.01. The fourth-order valence-corrected chi connectivity index (χ4v) is 21.9. The van der Waals surface area contributed by atoms with E-state index in [1.807, 2.05) is 0 Å². The first kappa shape index (κ1) is 28.4. The Labute approximate surface area is 189 Å². The Bertz CT molecular complexity index is 403. The lowest BCUT2D eigenvalue weighted by Gasteiger charge is -2.53. The van der Waals surface area contributed by atoms with Crippen LogP contribution in [0.4, 0.5) is 0 Å². The van der Waals surface area contributed by atoms with Crippen LogP contribution in [0.2, 0.25) is 18.1 Å². The lowest BCUT2D eigenvalue weighted by atomic mass is 10.5. The molecular formula is C21H48O6Si3. The van der Waals surface area contributed by atoms with E-state index in [4.69, 9.17) is 26.6 Å². The van der Waals surface area contributed by atoms with Crippen molar-refractivity contribution < 1.29 is 26.6 Å². The van der Waals surface area contributed by atoms with Crippen LogP contribution in [0.15, 0.2) is 0 Å². The monoisotopic (exact) mass is 480 g/mol. The van der Waals surface area contributed by atoms with E-state index < -0.39 is 25.7 Å². The minimum atomic E-state index is -2.62. The quantitative estimate of drug-likeness (QED) is 0.289. The Morgan fingerprint density at radius 3 is 0.900 bits per heavy atom. The molecule has 1 saturated heterocycles. The molecule has 6 nitrogen and oxygen atoms in total. The predicted octanol–water partition coefficient (Wildman–Crippen LogP) is 5.50. The number of hydrogen-bond donors (Lipinski definition) is 0. The smallest absolute Gasteiger partial charge is 0.347 e. The molecular weight excluding hydrogens is 432 g/mol. The Morgan fingerprint density at radius 1 is 0.500 bits per heavy atom. The molecule has 1 heterocycles. The van der Waals surface area contributed by atoms with Crippen molar-refractivity contribution in [2.45, 2.75) is 118 Å². The Kier molecular flexibility index (Phi) is 12.5. The van der Waals surface area contributed by atoms with Crippen molar-refractivity contribution in [3.8, 4) is 0 Å². The third-order valence-electron chi connectivity index (χ3n) is 4.92. The summed E-state index contributed by atoms with van der Waals surface area (Å²) in [6.07, 6.45) is 5.14. The van der Waals surface area contributed by atoms with E-state index in [1.54, 1.807) is 0 Å². The molecule has 0 aliphatic carbocycles. The highest BCUT2D eigenvalue weighted by molar-refractivity contribution is 6.94. The normalized spacial score (nSPS) is 30.0. The minimum Gasteiger partial charge on any atom is -0.413 e. The zero-order valence-corrected chi connectivity index (χ0v) is 24.0. The first-order chi connectivity index (χ1) is 14.1. The average Bonchev–Trinajstić information content (AvgIpc) is 2.64. The van der Waals surface area contributed by atoms with Gasteiger partial charge in [0.1, 0.15) is 0 Å². The van der Waals surface area contributed by atoms with Crippen LogP contribution in [0.25, 0.3) is 0 Å². The molecule has 0 amide bonds. The van der Waals surface area contributed by atoms with Gasteiger partial charge in [-0.1, -0.05) is 40.0 Å². The van der Waals surface area contributed by atoms with E-state index in [0.717, 1.165) is 37.4 Å². The van der Waals surface area contributed by atoms with Gasteiger partial charge in [-0.3, -0.25) is 0 Å². The lowest BCUT2D eigenvalue weighted by molar-refractivity contribution is 0.0477. The van der Waals surface area contributed by atoms with Gasteiger partial charge in [0.25, 0.3) is 0 Å². The van der Waals surface area contributed by atoms with Gasteiger partial charge < -0.3 is 26.6 Å². The van der Waals surface area contributed by atoms with Crippen LogP contribution < -0.4 is 0 Å². The van der Waals surface area contributed by atoms with E-state index in [2.05, 4.69) is 62.3 Å². The maximum Gasteiger partial charge on any atom is 0.347 e. The molecule has 9 heteroatoms. The zero-order valence-electron chi connectivity index (χ0n) is 21.0. The van der Waals surface area contributed by atoms with Crippen molar-refractivity contribution in [1.29, 1.82) is 0 Å². The van der Waals surface area contributed by atoms with Gasteiger partial charge in [0.2, 0.25) is 0 Å². The van der Waals surface area contributed by atoms with Crippen molar-refractivity contribution in [3.05, 3.63) is 0 Å². The highest BCUT2D eigenvalue weighted by atomic mass is 28.5. The van der Waals surface area contributed by atoms with Crippen molar-refractivity contribution >= 4 is 25.7 Å². The van der Waals surface area contributed by atoms with Crippen LogP contribution in [0.1, 0.15) is 81.6 Å². The molecule has 0 aromatic heterocycles. The molecule has 1 aliphatic heterocycles. The topological polar surface area (TPSA) is 55.4 Å². The van der Waals surface area contributed by atoms with Crippen LogP contribution in [0.5, 0.6) is 0 Å². The molecule has 1 fully saturated rings. The fourth-order valence-electron chi connectivity index (χ4n) is 3.80. The zero-order chi connectivity index (χ0) is 22.8. The Morgan fingerprint density at radius 2 is 0.733 bits per heavy atom. The van der Waals surface area contributed by atoms with Crippen molar-refractivity contribution in [2.75, 3.05) is 18.7 Å². The standard InChI is InChI=1S/C21H48O6Si3/c1-10-13-28(16-22-19(4)5)25-29(14-11-2,17-23-20(6)7)27-30(26-28,15-12-3)18-24-21(8)9/h19-21H,10-18H2,1-9H3. The van der Waals surface area contributed by atoms with E-state index in [0.29, 0.717) is 18.7 Å². The van der Waals surface area contributed by atoms with E-state index >= 15 is 0 Å². The number of hydrogen-bond acceptors (Lipinski definition) is 6. The highest BCUT2D eigenvalue weighted by Gasteiger charge is 2.62. The second kappa shape index (κ2) is 13.2. The molecule has 0 aromatic rings. The molecule has 30 heavy (non-hydrogen) atoms. The Hall–Kier alpha value is 0.411.